The highest BCUT2D eigenvalue weighted by Gasteiger charge is 2.33. The van der Waals surface area contributed by atoms with E-state index in [-0.39, 0.29) is 0 Å². The van der Waals surface area contributed by atoms with E-state index in [2.05, 4.69) is 0 Å². The molecule has 1 aromatic rings. The SMILES string of the molecule is CCN(CC(F)(F)F)C(C)C(N)c1ccc(OC)cc1. The minimum atomic E-state index is -4.22. The maximum absolute atomic E-state index is 12.5. The molecular formula is C14H21F3N2O. The van der Waals surface area contributed by atoms with Gasteiger partial charge in [0.25, 0.3) is 0 Å². The number of hydrogen-bond donors (Lipinski definition) is 1. The first-order valence-corrected chi connectivity index (χ1v) is 6.48. The Labute approximate surface area is 117 Å². The second-order valence-electron chi connectivity index (χ2n) is 4.72. The molecule has 0 fully saturated rings. The first-order valence-electron chi connectivity index (χ1n) is 6.48. The number of rotatable bonds is 6. The van der Waals surface area contributed by atoms with Gasteiger partial charge in [-0.25, -0.2) is 0 Å². The molecule has 0 spiro atoms. The first-order chi connectivity index (χ1) is 9.28. The maximum Gasteiger partial charge on any atom is 0.401 e. The quantitative estimate of drug-likeness (QED) is 0.875. The van der Waals surface area contributed by atoms with Crippen LogP contribution in [0, 0.1) is 0 Å². The molecule has 0 aliphatic carbocycles. The molecule has 0 aliphatic heterocycles. The van der Waals surface area contributed by atoms with Gasteiger partial charge < -0.3 is 10.5 Å². The second kappa shape index (κ2) is 6.95. The molecular weight excluding hydrogens is 269 g/mol. The first kappa shape index (κ1) is 16.8. The molecule has 2 N–H and O–H groups in total. The van der Waals surface area contributed by atoms with Crippen molar-refractivity contribution in [2.24, 2.45) is 5.73 Å². The molecule has 3 nitrogen and oxygen atoms in total. The summed E-state index contributed by atoms with van der Waals surface area (Å²) in [6, 6.07) is 6.17. The van der Waals surface area contributed by atoms with Crippen molar-refractivity contribution >= 4 is 0 Å². The van der Waals surface area contributed by atoms with E-state index in [0.29, 0.717) is 12.3 Å². The van der Waals surface area contributed by atoms with Gasteiger partial charge in [-0.15, -0.1) is 0 Å². The molecule has 0 radical (unpaired) electrons. The van der Waals surface area contributed by atoms with Gasteiger partial charge in [0.2, 0.25) is 0 Å². The molecule has 2 atom stereocenters. The van der Waals surface area contributed by atoms with E-state index in [9.17, 15) is 13.2 Å². The molecule has 1 rings (SSSR count). The van der Waals surface area contributed by atoms with Gasteiger partial charge in [-0.3, -0.25) is 4.90 Å². The average Bonchev–Trinajstić information content (AvgIpc) is 2.42. The largest absolute Gasteiger partial charge is 0.497 e. The Kier molecular flexibility index (Phi) is 5.83. The number of ether oxygens (including phenoxy) is 1. The van der Waals surface area contributed by atoms with E-state index in [4.69, 9.17) is 10.5 Å². The predicted octanol–water partition coefficient (Wildman–Crippen LogP) is 2.97. The van der Waals surface area contributed by atoms with Gasteiger partial charge in [-0.1, -0.05) is 19.1 Å². The van der Waals surface area contributed by atoms with E-state index in [0.717, 1.165) is 5.56 Å². The maximum atomic E-state index is 12.5. The number of nitrogens with two attached hydrogens (primary N) is 1. The van der Waals surface area contributed by atoms with E-state index in [1.807, 2.05) is 0 Å². The molecule has 6 heteroatoms. The number of halogens is 3. The summed E-state index contributed by atoms with van der Waals surface area (Å²) in [6.45, 7) is 2.76. The molecule has 114 valence electrons. The summed E-state index contributed by atoms with van der Waals surface area (Å²) in [5, 5.41) is 0. The van der Waals surface area contributed by atoms with Crippen LogP contribution >= 0.6 is 0 Å². The third-order valence-corrected chi connectivity index (χ3v) is 3.38. The van der Waals surface area contributed by atoms with Crippen molar-refractivity contribution in [1.82, 2.24) is 4.90 Å². The summed E-state index contributed by atoms with van der Waals surface area (Å²) in [6.07, 6.45) is -4.22. The third kappa shape index (κ3) is 4.68. The van der Waals surface area contributed by atoms with Crippen LogP contribution in [0.2, 0.25) is 0 Å². The summed E-state index contributed by atoms with van der Waals surface area (Å²) >= 11 is 0. The lowest BCUT2D eigenvalue weighted by Gasteiger charge is -2.32. The van der Waals surface area contributed by atoms with Crippen LogP contribution in [0.25, 0.3) is 0 Å². The standard InChI is InChI=1S/C14H21F3N2O/c1-4-19(9-14(15,16)17)10(2)13(18)11-5-7-12(20-3)8-6-11/h5-8,10,13H,4,9,18H2,1-3H3. The Bertz CT molecular complexity index is 406. The summed E-state index contributed by atoms with van der Waals surface area (Å²) in [4.78, 5) is 1.33. The van der Waals surface area contributed by atoms with Crippen LogP contribution < -0.4 is 10.5 Å². The number of nitrogens with zero attached hydrogens (tertiary/aromatic N) is 1. The molecule has 0 aromatic heterocycles. The zero-order valence-corrected chi connectivity index (χ0v) is 11.9. The van der Waals surface area contributed by atoms with Crippen LogP contribution in [0.15, 0.2) is 24.3 Å². The third-order valence-electron chi connectivity index (χ3n) is 3.38. The summed E-state index contributed by atoms with van der Waals surface area (Å²) in [5.74, 6) is 0.691. The van der Waals surface area contributed by atoms with Gasteiger partial charge in [-0.05, 0) is 31.2 Å². The van der Waals surface area contributed by atoms with Crippen molar-refractivity contribution in [3.8, 4) is 5.75 Å². The molecule has 1 aromatic carbocycles. The molecule has 2 unspecified atom stereocenters. The fourth-order valence-corrected chi connectivity index (χ4v) is 2.11. The Morgan fingerprint density at radius 1 is 1.25 bits per heavy atom. The molecule has 0 saturated carbocycles. The summed E-state index contributed by atoms with van der Waals surface area (Å²) < 4.78 is 42.6. The van der Waals surface area contributed by atoms with Gasteiger partial charge in [0.05, 0.1) is 13.7 Å². The van der Waals surface area contributed by atoms with Crippen molar-refractivity contribution in [2.75, 3.05) is 20.2 Å². The van der Waals surface area contributed by atoms with E-state index < -0.39 is 24.8 Å². The number of benzene rings is 1. The molecule has 0 aliphatic rings. The number of methoxy groups -OCH3 is 1. The van der Waals surface area contributed by atoms with Crippen LogP contribution in [0.1, 0.15) is 25.5 Å². The van der Waals surface area contributed by atoms with Crippen molar-refractivity contribution in [2.45, 2.75) is 32.1 Å². The Morgan fingerprint density at radius 3 is 2.20 bits per heavy atom. The Hall–Kier alpha value is -1.27. The van der Waals surface area contributed by atoms with Crippen LogP contribution in [0.4, 0.5) is 13.2 Å². The highest BCUT2D eigenvalue weighted by Crippen LogP contribution is 2.24. The summed E-state index contributed by atoms with van der Waals surface area (Å²) in [7, 11) is 1.56. The fourth-order valence-electron chi connectivity index (χ4n) is 2.11. The van der Waals surface area contributed by atoms with Crippen LogP contribution in [0.3, 0.4) is 0 Å². The lowest BCUT2D eigenvalue weighted by molar-refractivity contribution is -0.150. The summed E-state index contributed by atoms with van der Waals surface area (Å²) in [5.41, 5.74) is 6.87. The monoisotopic (exact) mass is 290 g/mol. The van der Waals surface area contributed by atoms with Crippen LogP contribution in [-0.4, -0.2) is 37.3 Å². The van der Waals surface area contributed by atoms with Crippen molar-refractivity contribution in [3.05, 3.63) is 29.8 Å². The van der Waals surface area contributed by atoms with E-state index in [1.54, 1.807) is 45.2 Å². The molecule has 0 heterocycles. The van der Waals surface area contributed by atoms with Crippen LogP contribution in [-0.2, 0) is 0 Å². The minimum absolute atomic E-state index is 0.296. The second-order valence-corrected chi connectivity index (χ2v) is 4.72. The van der Waals surface area contributed by atoms with Crippen LogP contribution in [0.5, 0.6) is 5.75 Å². The topological polar surface area (TPSA) is 38.5 Å². The predicted molar refractivity (Wildman–Crippen MR) is 72.7 cm³/mol. The molecule has 20 heavy (non-hydrogen) atoms. The average molecular weight is 290 g/mol. The minimum Gasteiger partial charge on any atom is -0.497 e. The zero-order chi connectivity index (χ0) is 15.3. The van der Waals surface area contributed by atoms with Gasteiger partial charge in [0.15, 0.2) is 0 Å². The van der Waals surface area contributed by atoms with Gasteiger partial charge >= 0.3 is 6.18 Å². The molecule has 0 bridgehead atoms. The highest BCUT2D eigenvalue weighted by atomic mass is 19.4. The van der Waals surface area contributed by atoms with E-state index >= 15 is 0 Å². The van der Waals surface area contributed by atoms with Crippen molar-refractivity contribution in [3.63, 3.8) is 0 Å². The van der Waals surface area contributed by atoms with Gasteiger partial charge in [0.1, 0.15) is 5.75 Å². The van der Waals surface area contributed by atoms with Crippen molar-refractivity contribution < 1.29 is 17.9 Å². The number of likely N-dealkylation sites (N-methyl/N-ethyl adjacent to an activating group) is 1. The fraction of sp³-hybridized carbons (Fsp3) is 0.571. The van der Waals surface area contributed by atoms with Crippen molar-refractivity contribution in [1.29, 1.82) is 0 Å². The Balaban J connectivity index is 2.79. The van der Waals surface area contributed by atoms with Gasteiger partial charge in [-0.2, -0.15) is 13.2 Å². The van der Waals surface area contributed by atoms with E-state index in [1.165, 1.54) is 4.90 Å². The zero-order valence-electron chi connectivity index (χ0n) is 11.9. The molecule has 0 amide bonds. The normalized spacial score (nSPS) is 15.2. The highest BCUT2D eigenvalue weighted by molar-refractivity contribution is 5.29. The lowest BCUT2D eigenvalue weighted by atomic mass is 10.00. The smallest absolute Gasteiger partial charge is 0.401 e. The lowest BCUT2D eigenvalue weighted by Crippen LogP contribution is -2.45. The number of hydrogen-bond acceptors (Lipinski definition) is 3. The Morgan fingerprint density at radius 2 is 1.80 bits per heavy atom. The molecule has 0 saturated heterocycles. The van der Waals surface area contributed by atoms with Gasteiger partial charge in [0, 0.05) is 12.1 Å². The number of alkyl halides is 3.